The molecule has 0 spiro atoms. The largest absolute Gasteiger partial charge is 0.324 e. The van der Waals surface area contributed by atoms with Gasteiger partial charge in [0.05, 0.1) is 0 Å². The lowest BCUT2D eigenvalue weighted by atomic mass is 10.2. The van der Waals surface area contributed by atoms with Gasteiger partial charge in [-0.25, -0.2) is 4.98 Å². The van der Waals surface area contributed by atoms with Crippen molar-refractivity contribution >= 4 is 27.5 Å². The van der Waals surface area contributed by atoms with Crippen molar-refractivity contribution in [3.63, 3.8) is 0 Å². The van der Waals surface area contributed by atoms with Crippen LogP contribution in [0.5, 0.6) is 0 Å². The summed E-state index contributed by atoms with van der Waals surface area (Å²) in [6, 6.07) is 1.80. The van der Waals surface area contributed by atoms with Gasteiger partial charge in [-0.05, 0) is 28.9 Å². The molecule has 11 heavy (non-hydrogen) atoms. The minimum Gasteiger partial charge on any atom is -0.324 e. The molecule has 1 heterocycles. The minimum atomic E-state index is -0.0764. The van der Waals surface area contributed by atoms with Crippen LogP contribution in [0.3, 0.4) is 0 Å². The van der Waals surface area contributed by atoms with E-state index in [-0.39, 0.29) is 6.04 Å². The van der Waals surface area contributed by atoms with Crippen LogP contribution in [0.15, 0.2) is 16.7 Å². The molecule has 2 N–H and O–H groups in total. The van der Waals surface area contributed by atoms with Gasteiger partial charge in [0.15, 0.2) is 0 Å². The van der Waals surface area contributed by atoms with Gasteiger partial charge >= 0.3 is 0 Å². The number of nitrogens with zero attached hydrogens (tertiary/aromatic N) is 1. The van der Waals surface area contributed by atoms with Crippen LogP contribution in [0.1, 0.15) is 18.5 Å². The molecule has 1 aromatic rings. The van der Waals surface area contributed by atoms with Crippen molar-refractivity contribution in [2.45, 2.75) is 13.0 Å². The van der Waals surface area contributed by atoms with Crippen molar-refractivity contribution in [1.82, 2.24) is 4.98 Å². The first kappa shape index (κ1) is 8.97. The molecule has 1 atom stereocenters. The van der Waals surface area contributed by atoms with Crippen molar-refractivity contribution in [3.05, 3.63) is 27.5 Å². The van der Waals surface area contributed by atoms with E-state index in [2.05, 4.69) is 20.9 Å². The standard InChI is InChI=1S/C7H8BrClN2/c1-4(10)6-2-5(8)3-11-7(6)9/h2-4H,10H2,1H3. The topological polar surface area (TPSA) is 38.9 Å². The molecule has 0 fully saturated rings. The van der Waals surface area contributed by atoms with E-state index in [1.54, 1.807) is 6.20 Å². The third-order valence-electron chi connectivity index (χ3n) is 1.32. The predicted octanol–water partition coefficient (Wildman–Crippen LogP) is 2.52. The summed E-state index contributed by atoms with van der Waals surface area (Å²) in [6.07, 6.45) is 1.65. The molecular weight excluding hydrogens is 227 g/mol. The van der Waals surface area contributed by atoms with Gasteiger partial charge in [-0.2, -0.15) is 0 Å². The molecule has 0 saturated carbocycles. The van der Waals surface area contributed by atoms with Crippen LogP contribution in [-0.4, -0.2) is 4.98 Å². The fraction of sp³-hybridized carbons (Fsp3) is 0.286. The molecule has 2 nitrogen and oxygen atoms in total. The lowest BCUT2D eigenvalue weighted by Gasteiger charge is -2.06. The van der Waals surface area contributed by atoms with Crippen molar-refractivity contribution in [2.75, 3.05) is 0 Å². The van der Waals surface area contributed by atoms with Crippen molar-refractivity contribution < 1.29 is 0 Å². The van der Waals surface area contributed by atoms with Crippen molar-refractivity contribution in [2.24, 2.45) is 5.73 Å². The van der Waals surface area contributed by atoms with Crippen LogP contribution in [0.4, 0.5) is 0 Å². The molecule has 1 unspecified atom stereocenters. The van der Waals surface area contributed by atoms with Gasteiger partial charge in [-0.1, -0.05) is 11.6 Å². The lowest BCUT2D eigenvalue weighted by molar-refractivity contribution is 0.811. The van der Waals surface area contributed by atoms with Crippen LogP contribution in [0.2, 0.25) is 5.15 Å². The average molecular weight is 236 g/mol. The van der Waals surface area contributed by atoms with Gasteiger partial charge < -0.3 is 5.73 Å². The molecule has 0 aliphatic rings. The second-order valence-electron chi connectivity index (χ2n) is 2.32. The Morgan fingerprint density at radius 3 is 2.82 bits per heavy atom. The van der Waals surface area contributed by atoms with Gasteiger partial charge in [-0.15, -0.1) is 0 Å². The molecule has 60 valence electrons. The van der Waals surface area contributed by atoms with Crippen LogP contribution >= 0.6 is 27.5 Å². The summed E-state index contributed by atoms with van der Waals surface area (Å²) in [4.78, 5) is 3.94. The monoisotopic (exact) mass is 234 g/mol. The first-order valence-electron chi connectivity index (χ1n) is 3.18. The van der Waals surface area contributed by atoms with Crippen LogP contribution in [0, 0.1) is 0 Å². The maximum Gasteiger partial charge on any atom is 0.133 e. The van der Waals surface area contributed by atoms with Crippen LogP contribution in [0.25, 0.3) is 0 Å². The Kier molecular flexibility index (Phi) is 2.87. The van der Waals surface area contributed by atoms with Gasteiger partial charge in [0.25, 0.3) is 0 Å². The Balaban J connectivity index is 3.13. The van der Waals surface area contributed by atoms with Crippen molar-refractivity contribution in [3.8, 4) is 0 Å². The third-order valence-corrected chi connectivity index (χ3v) is 2.07. The fourth-order valence-corrected chi connectivity index (χ4v) is 1.38. The first-order chi connectivity index (χ1) is 5.11. The van der Waals surface area contributed by atoms with E-state index < -0.39 is 0 Å². The molecule has 0 saturated heterocycles. The Labute approximate surface area is 78.9 Å². The summed E-state index contributed by atoms with van der Waals surface area (Å²) < 4.78 is 0.897. The Morgan fingerprint density at radius 2 is 2.36 bits per heavy atom. The van der Waals surface area contributed by atoms with Crippen LogP contribution < -0.4 is 5.73 Å². The van der Waals surface area contributed by atoms with E-state index in [4.69, 9.17) is 17.3 Å². The number of aromatic nitrogens is 1. The maximum atomic E-state index is 5.78. The second kappa shape index (κ2) is 3.52. The summed E-state index contributed by atoms with van der Waals surface area (Å²) in [5.41, 5.74) is 6.50. The number of hydrogen-bond acceptors (Lipinski definition) is 2. The molecule has 0 aromatic carbocycles. The zero-order valence-electron chi connectivity index (χ0n) is 6.01. The first-order valence-corrected chi connectivity index (χ1v) is 4.35. The van der Waals surface area contributed by atoms with E-state index in [0.717, 1.165) is 10.0 Å². The number of nitrogens with two attached hydrogens (primary N) is 1. The lowest BCUT2D eigenvalue weighted by Crippen LogP contribution is -2.06. The minimum absolute atomic E-state index is 0.0764. The molecule has 0 aliphatic heterocycles. The Hall–Kier alpha value is -0.120. The summed E-state index contributed by atoms with van der Waals surface area (Å²) >= 11 is 9.07. The van der Waals surface area contributed by atoms with E-state index in [1.807, 2.05) is 13.0 Å². The SMILES string of the molecule is CC(N)c1cc(Br)cnc1Cl. The zero-order valence-corrected chi connectivity index (χ0v) is 8.35. The summed E-state index contributed by atoms with van der Waals surface area (Å²) in [7, 11) is 0. The third kappa shape index (κ3) is 2.15. The summed E-state index contributed by atoms with van der Waals surface area (Å²) in [5, 5.41) is 0.475. The molecular formula is C7H8BrClN2. The van der Waals surface area contributed by atoms with E-state index in [1.165, 1.54) is 0 Å². The zero-order chi connectivity index (χ0) is 8.43. The number of halogens is 2. The fourth-order valence-electron chi connectivity index (χ4n) is 0.758. The predicted molar refractivity (Wildman–Crippen MR) is 49.5 cm³/mol. The second-order valence-corrected chi connectivity index (χ2v) is 3.60. The Morgan fingerprint density at radius 1 is 1.73 bits per heavy atom. The number of pyridine rings is 1. The van der Waals surface area contributed by atoms with Gasteiger partial charge in [-0.3, -0.25) is 0 Å². The van der Waals surface area contributed by atoms with Crippen molar-refractivity contribution in [1.29, 1.82) is 0 Å². The van der Waals surface area contributed by atoms with E-state index in [0.29, 0.717) is 5.15 Å². The highest BCUT2D eigenvalue weighted by atomic mass is 79.9. The number of hydrogen-bond donors (Lipinski definition) is 1. The quantitative estimate of drug-likeness (QED) is 0.760. The van der Waals surface area contributed by atoms with Crippen LogP contribution in [-0.2, 0) is 0 Å². The van der Waals surface area contributed by atoms with Gasteiger partial charge in [0.1, 0.15) is 5.15 Å². The van der Waals surface area contributed by atoms with E-state index >= 15 is 0 Å². The Bertz CT molecular complexity index is 263. The molecule has 1 rings (SSSR count). The van der Waals surface area contributed by atoms with E-state index in [9.17, 15) is 0 Å². The van der Waals surface area contributed by atoms with Gasteiger partial charge in [0.2, 0.25) is 0 Å². The average Bonchev–Trinajstić information content (AvgIpc) is 1.94. The molecule has 0 aliphatic carbocycles. The summed E-state index contributed by atoms with van der Waals surface area (Å²) in [5.74, 6) is 0. The van der Waals surface area contributed by atoms with Gasteiger partial charge in [0, 0.05) is 22.3 Å². The smallest absolute Gasteiger partial charge is 0.133 e. The number of rotatable bonds is 1. The molecule has 0 radical (unpaired) electrons. The maximum absolute atomic E-state index is 5.78. The molecule has 0 amide bonds. The highest BCUT2D eigenvalue weighted by Gasteiger charge is 2.05. The summed E-state index contributed by atoms with van der Waals surface area (Å²) in [6.45, 7) is 1.87. The highest BCUT2D eigenvalue weighted by molar-refractivity contribution is 9.10. The molecule has 0 bridgehead atoms. The molecule has 4 heteroatoms. The molecule has 1 aromatic heterocycles. The highest BCUT2D eigenvalue weighted by Crippen LogP contribution is 2.22. The normalized spacial score (nSPS) is 13.1.